The third-order valence-corrected chi connectivity index (χ3v) is 0. The minimum Gasteiger partial charge on any atom is -0.344 e. The normalized spacial score (nSPS) is 8.44. The Balaban J connectivity index is -0.0000000800. The molecule has 0 aromatic heterocycles. The molecule has 3 nitrogen and oxygen atoms in total. The maximum Gasteiger partial charge on any atom is 2.00 e. The van der Waals surface area contributed by atoms with E-state index in [1.807, 2.05) is 6.92 Å². The molecule has 0 aliphatic carbocycles. The third kappa shape index (κ3) is 846. The van der Waals surface area contributed by atoms with Gasteiger partial charge in [-0.05, 0) is 0 Å². The van der Waals surface area contributed by atoms with E-state index < -0.39 is 10.1 Å². The standard InChI is InChI=1S/C3H7.CH4O3S.Mg/c1-3-2;1-5(2,3)4;/h1,3H2,2H3;1H3,(H,2,3,4);/q-1;;+2. The van der Waals surface area contributed by atoms with Gasteiger partial charge in [0.25, 0.3) is 10.1 Å². The Labute approximate surface area is 72.7 Å². The molecule has 1 N–H and O–H groups in total. The van der Waals surface area contributed by atoms with Crippen LogP contribution in [0.5, 0.6) is 0 Å². The summed E-state index contributed by atoms with van der Waals surface area (Å²) < 4.78 is 25.9. The molecule has 0 amide bonds. The summed E-state index contributed by atoms with van der Waals surface area (Å²) in [5.41, 5.74) is 0. The second kappa shape index (κ2) is 8.68. The number of hydrogen-bond donors (Lipinski definition) is 1. The van der Waals surface area contributed by atoms with E-state index in [1.54, 1.807) is 0 Å². The van der Waals surface area contributed by atoms with Crippen molar-refractivity contribution >= 4 is 33.2 Å². The minimum atomic E-state index is -3.67. The summed E-state index contributed by atoms with van der Waals surface area (Å²) >= 11 is 0. The molecule has 0 fully saturated rings. The van der Waals surface area contributed by atoms with Crippen LogP contribution in [0.2, 0.25) is 0 Å². The summed E-state index contributed by atoms with van der Waals surface area (Å²) in [6.45, 7) is 5.50. The minimum absolute atomic E-state index is 0. The van der Waals surface area contributed by atoms with Crippen molar-refractivity contribution in [2.24, 2.45) is 0 Å². The van der Waals surface area contributed by atoms with Crippen LogP contribution in [0.1, 0.15) is 13.3 Å². The smallest absolute Gasteiger partial charge is 0.344 e. The van der Waals surface area contributed by atoms with Gasteiger partial charge in [-0.15, -0.1) is 0 Å². The fourth-order valence-electron chi connectivity index (χ4n) is 0. The molecule has 0 spiro atoms. The van der Waals surface area contributed by atoms with Gasteiger partial charge >= 0.3 is 23.1 Å². The zero-order valence-electron chi connectivity index (χ0n) is 5.79. The molecule has 5 heteroatoms. The molecule has 0 bridgehead atoms. The summed E-state index contributed by atoms with van der Waals surface area (Å²) in [6, 6.07) is 0. The van der Waals surface area contributed by atoms with Gasteiger partial charge in [-0.3, -0.25) is 4.55 Å². The van der Waals surface area contributed by atoms with Crippen LogP contribution in [0.15, 0.2) is 0 Å². The van der Waals surface area contributed by atoms with E-state index >= 15 is 0 Å². The van der Waals surface area contributed by atoms with Crippen molar-refractivity contribution in [2.45, 2.75) is 13.3 Å². The first-order valence-corrected chi connectivity index (χ1v) is 3.98. The van der Waals surface area contributed by atoms with Crippen molar-refractivity contribution in [1.29, 1.82) is 0 Å². The van der Waals surface area contributed by atoms with E-state index in [9.17, 15) is 8.42 Å². The molecule has 0 rings (SSSR count). The van der Waals surface area contributed by atoms with Crippen LogP contribution in [-0.4, -0.2) is 42.3 Å². The second-order valence-corrected chi connectivity index (χ2v) is 2.70. The van der Waals surface area contributed by atoms with Gasteiger partial charge in [-0.2, -0.15) is 14.8 Å². The second-order valence-electron chi connectivity index (χ2n) is 1.23. The van der Waals surface area contributed by atoms with Gasteiger partial charge in [0.15, 0.2) is 0 Å². The first-order chi connectivity index (χ1) is 3.41. The number of hydrogen-bond acceptors (Lipinski definition) is 2. The fraction of sp³-hybridized carbons (Fsp3) is 0.750. The average Bonchev–Trinajstić information content (AvgIpc) is 1.27. The van der Waals surface area contributed by atoms with Gasteiger partial charge < -0.3 is 6.92 Å². The molecular formula is C4H11MgO3S+. The Hall–Kier alpha value is 0.676. The van der Waals surface area contributed by atoms with E-state index in [0.717, 1.165) is 6.42 Å². The summed E-state index contributed by atoms with van der Waals surface area (Å²) in [6.07, 6.45) is 1.72. The molecule has 0 aromatic carbocycles. The van der Waals surface area contributed by atoms with Gasteiger partial charge in [0, 0.05) is 0 Å². The predicted molar refractivity (Wildman–Crippen MR) is 38.9 cm³/mol. The maximum absolute atomic E-state index is 9.19. The molecule has 0 saturated carbocycles. The average molecular weight is 164 g/mol. The van der Waals surface area contributed by atoms with Crippen molar-refractivity contribution in [1.82, 2.24) is 0 Å². The molecule has 0 heterocycles. The van der Waals surface area contributed by atoms with Crippen LogP contribution in [0.25, 0.3) is 0 Å². The Kier molecular flexibility index (Phi) is 15.8. The van der Waals surface area contributed by atoms with E-state index in [0.29, 0.717) is 6.26 Å². The van der Waals surface area contributed by atoms with E-state index in [-0.39, 0.29) is 23.1 Å². The Morgan fingerprint density at radius 1 is 1.56 bits per heavy atom. The van der Waals surface area contributed by atoms with E-state index in [2.05, 4.69) is 6.92 Å². The molecule has 0 unspecified atom stereocenters. The SMILES string of the molecule is CS(=O)(=O)O.[CH2-]CC.[Mg+2]. The van der Waals surface area contributed by atoms with Gasteiger partial charge in [0.1, 0.15) is 0 Å². The Morgan fingerprint density at radius 2 is 1.56 bits per heavy atom. The van der Waals surface area contributed by atoms with Crippen molar-refractivity contribution < 1.29 is 13.0 Å². The molecule has 0 saturated heterocycles. The van der Waals surface area contributed by atoms with Gasteiger partial charge in [-0.25, -0.2) is 0 Å². The topological polar surface area (TPSA) is 54.4 Å². The first-order valence-electron chi connectivity index (χ1n) is 2.13. The first kappa shape index (κ1) is 16.3. The Morgan fingerprint density at radius 3 is 1.56 bits per heavy atom. The summed E-state index contributed by atoms with van der Waals surface area (Å²) in [7, 11) is -3.67. The zero-order valence-corrected chi connectivity index (χ0v) is 8.02. The van der Waals surface area contributed by atoms with E-state index in [1.165, 1.54) is 0 Å². The van der Waals surface area contributed by atoms with Crippen molar-refractivity contribution in [3.05, 3.63) is 6.92 Å². The van der Waals surface area contributed by atoms with Gasteiger partial charge in [-0.1, -0.05) is 6.92 Å². The largest absolute Gasteiger partial charge is 2.00 e. The quantitative estimate of drug-likeness (QED) is 0.319. The molecule has 0 aliphatic heterocycles. The fourth-order valence-corrected chi connectivity index (χ4v) is 0. The molecule has 52 valence electrons. The molecule has 9 heavy (non-hydrogen) atoms. The summed E-state index contributed by atoms with van der Waals surface area (Å²) in [5.74, 6) is 0. The van der Waals surface area contributed by atoms with Gasteiger partial charge in [0.2, 0.25) is 0 Å². The predicted octanol–water partition coefficient (Wildman–Crippen LogP) is 0.354. The van der Waals surface area contributed by atoms with Crippen LogP contribution in [0.3, 0.4) is 0 Å². The van der Waals surface area contributed by atoms with Crippen molar-refractivity contribution in [3.63, 3.8) is 0 Å². The molecular weight excluding hydrogens is 152 g/mol. The molecule has 0 radical (unpaired) electrons. The van der Waals surface area contributed by atoms with Crippen LogP contribution in [-0.2, 0) is 10.1 Å². The van der Waals surface area contributed by atoms with Crippen LogP contribution < -0.4 is 0 Å². The zero-order chi connectivity index (χ0) is 7.21. The van der Waals surface area contributed by atoms with Crippen molar-refractivity contribution in [3.8, 4) is 0 Å². The van der Waals surface area contributed by atoms with Crippen molar-refractivity contribution in [2.75, 3.05) is 6.26 Å². The van der Waals surface area contributed by atoms with E-state index in [4.69, 9.17) is 4.55 Å². The molecule has 0 atom stereocenters. The summed E-state index contributed by atoms with van der Waals surface area (Å²) in [5, 5.41) is 0. The summed E-state index contributed by atoms with van der Waals surface area (Å²) in [4.78, 5) is 0. The number of rotatable bonds is 0. The Bertz CT molecular complexity index is 110. The monoisotopic (exact) mass is 163 g/mol. The van der Waals surface area contributed by atoms with Gasteiger partial charge in [0.05, 0.1) is 6.26 Å². The maximum atomic E-state index is 9.19. The molecule has 0 aromatic rings. The van der Waals surface area contributed by atoms with Crippen LogP contribution in [0, 0.1) is 6.92 Å². The molecule has 0 aliphatic rings. The van der Waals surface area contributed by atoms with Crippen LogP contribution >= 0.6 is 0 Å². The van der Waals surface area contributed by atoms with Crippen LogP contribution in [0.4, 0.5) is 0 Å². The third-order valence-electron chi connectivity index (χ3n) is 0.